The average molecular weight is 240 g/mol. The fourth-order valence-corrected chi connectivity index (χ4v) is 1.42. The lowest BCUT2D eigenvalue weighted by Gasteiger charge is -2.04. The van der Waals surface area contributed by atoms with Crippen molar-refractivity contribution in [3.63, 3.8) is 0 Å². The van der Waals surface area contributed by atoms with Gasteiger partial charge in [-0.15, -0.1) is 5.10 Å². The first kappa shape index (κ1) is 13.6. The van der Waals surface area contributed by atoms with Gasteiger partial charge < -0.3 is 10.4 Å². The van der Waals surface area contributed by atoms with Crippen molar-refractivity contribution in [2.24, 2.45) is 0 Å². The molecule has 6 nitrogen and oxygen atoms in total. The number of nitrogens with one attached hydrogen (secondary N) is 2. The molecule has 1 unspecified atom stereocenters. The van der Waals surface area contributed by atoms with Crippen LogP contribution in [-0.4, -0.2) is 38.8 Å². The van der Waals surface area contributed by atoms with Crippen molar-refractivity contribution in [2.75, 3.05) is 6.54 Å². The minimum atomic E-state index is -0.327. The number of H-pyrrole nitrogens is 1. The molecule has 0 aliphatic rings. The number of aryl methyl sites for hydroxylation is 1. The molecular formula is C11H20N4O2. The molecule has 0 saturated heterocycles. The van der Waals surface area contributed by atoms with Crippen molar-refractivity contribution in [3.8, 4) is 0 Å². The second-order valence-electron chi connectivity index (χ2n) is 4.10. The monoisotopic (exact) mass is 240 g/mol. The molecule has 1 rings (SSSR count). The number of nitrogens with zero attached hydrogens (tertiary/aromatic N) is 2. The number of aromatic amines is 1. The van der Waals surface area contributed by atoms with E-state index in [1.165, 1.54) is 0 Å². The van der Waals surface area contributed by atoms with Gasteiger partial charge in [-0.25, -0.2) is 4.98 Å². The van der Waals surface area contributed by atoms with Crippen LogP contribution in [0.2, 0.25) is 0 Å². The zero-order chi connectivity index (χ0) is 12.7. The molecule has 1 amide bonds. The molecule has 0 bridgehead atoms. The van der Waals surface area contributed by atoms with E-state index in [9.17, 15) is 4.79 Å². The summed E-state index contributed by atoms with van der Waals surface area (Å²) in [7, 11) is 0. The molecule has 3 N–H and O–H groups in total. The lowest BCUT2D eigenvalue weighted by molar-refractivity contribution is 0.0939. The number of hydrogen-bond acceptors (Lipinski definition) is 4. The van der Waals surface area contributed by atoms with Gasteiger partial charge >= 0.3 is 0 Å². The van der Waals surface area contributed by atoms with Crippen LogP contribution < -0.4 is 5.32 Å². The Morgan fingerprint density at radius 2 is 2.35 bits per heavy atom. The lowest BCUT2D eigenvalue weighted by atomic mass is 10.2. The van der Waals surface area contributed by atoms with E-state index in [4.69, 9.17) is 5.11 Å². The highest BCUT2D eigenvalue weighted by atomic mass is 16.3. The summed E-state index contributed by atoms with van der Waals surface area (Å²) in [6.45, 7) is 4.30. The van der Waals surface area contributed by atoms with E-state index < -0.39 is 0 Å². The van der Waals surface area contributed by atoms with Gasteiger partial charge in [-0.1, -0.05) is 6.92 Å². The minimum absolute atomic E-state index is 0.186. The molecule has 1 heterocycles. The van der Waals surface area contributed by atoms with E-state index >= 15 is 0 Å². The Morgan fingerprint density at radius 3 is 3.00 bits per heavy atom. The molecule has 17 heavy (non-hydrogen) atoms. The van der Waals surface area contributed by atoms with Crippen LogP contribution in [0.5, 0.6) is 0 Å². The van der Waals surface area contributed by atoms with Crippen LogP contribution in [0.1, 0.15) is 49.6 Å². The molecule has 0 spiro atoms. The molecule has 0 aliphatic carbocycles. The van der Waals surface area contributed by atoms with Gasteiger partial charge in [0.25, 0.3) is 5.91 Å². The maximum Gasteiger partial charge on any atom is 0.290 e. The summed E-state index contributed by atoms with van der Waals surface area (Å²) in [4.78, 5) is 15.7. The largest absolute Gasteiger partial charge is 0.393 e. The van der Waals surface area contributed by atoms with E-state index in [-0.39, 0.29) is 17.8 Å². The number of aliphatic hydroxyl groups is 1. The molecule has 0 aliphatic heterocycles. The summed E-state index contributed by atoms with van der Waals surface area (Å²) in [5.41, 5.74) is 0. The second kappa shape index (κ2) is 7.01. The summed E-state index contributed by atoms with van der Waals surface area (Å²) in [6.07, 6.45) is 2.85. The molecule has 0 aromatic carbocycles. The number of hydrogen-bond donors (Lipinski definition) is 3. The first-order valence-corrected chi connectivity index (χ1v) is 6.01. The maximum atomic E-state index is 11.6. The fourth-order valence-electron chi connectivity index (χ4n) is 1.42. The Morgan fingerprint density at radius 1 is 1.59 bits per heavy atom. The molecule has 0 saturated carbocycles. The molecule has 96 valence electrons. The third kappa shape index (κ3) is 4.95. The predicted octanol–water partition coefficient (Wildman–Crippen LogP) is 0.648. The molecule has 1 aromatic rings. The second-order valence-corrected chi connectivity index (χ2v) is 4.10. The van der Waals surface area contributed by atoms with Crippen molar-refractivity contribution in [2.45, 2.75) is 45.6 Å². The molecular weight excluding hydrogens is 220 g/mol. The highest BCUT2D eigenvalue weighted by molar-refractivity contribution is 5.90. The SMILES string of the molecule is CCCc1nc(C(=O)NCCCC(C)O)n[nH]1. The fraction of sp³-hybridized carbons (Fsp3) is 0.727. The predicted molar refractivity (Wildman–Crippen MR) is 63.6 cm³/mol. The van der Waals surface area contributed by atoms with Gasteiger partial charge in [0.2, 0.25) is 5.82 Å². The average Bonchev–Trinajstić information content (AvgIpc) is 2.73. The van der Waals surface area contributed by atoms with Gasteiger partial charge in [0.1, 0.15) is 5.82 Å². The van der Waals surface area contributed by atoms with E-state index in [0.717, 1.165) is 25.1 Å². The summed E-state index contributed by atoms with van der Waals surface area (Å²) in [6, 6.07) is 0. The zero-order valence-electron chi connectivity index (χ0n) is 10.4. The minimum Gasteiger partial charge on any atom is -0.393 e. The van der Waals surface area contributed by atoms with Gasteiger partial charge in [-0.05, 0) is 26.2 Å². The number of carbonyl (C=O) groups is 1. The standard InChI is InChI=1S/C11H20N4O2/c1-3-5-9-13-10(15-14-9)11(17)12-7-4-6-8(2)16/h8,16H,3-7H2,1-2H3,(H,12,17)(H,13,14,15). The number of aromatic nitrogens is 3. The number of aliphatic hydroxyl groups excluding tert-OH is 1. The quantitative estimate of drug-likeness (QED) is 0.610. The van der Waals surface area contributed by atoms with Crippen LogP contribution in [-0.2, 0) is 6.42 Å². The Labute approximate surface area is 101 Å². The van der Waals surface area contributed by atoms with Crippen molar-refractivity contribution >= 4 is 5.91 Å². The summed E-state index contributed by atoms with van der Waals surface area (Å²) in [5, 5.41) is 18.4. The molecule has 0 radical (unpaired) electrons. The first-order chi connectivity index (χ1) is 8.13. The van der Waals surface area contributed by atoms with Gasteiger partial charge in [0.05, 0.1) is 6.10 Å². The van der Waals surface area contributed by atoms with E-state index in [1.54, 1.807) is 6.92 Å². The van der Waals surface area contributed by atoms with Crippen LogP contribution in [0.25, 0.3) is 0 Å². The third-order valence-corrected chi connectivity index (χ3v) is 2.31. The van der Waals surface area contributed by atoms with Gasteiger partial charge in [-0.2, -0.15) is 0 Å². The summed E-state index contributed by atoms with van der Waals surface area (Å²) in [5.74, 6) is 0.654. The topological polar surface area (TPSA) is 90.9 Å². The smallest absolute Gasteiger partial charge is 0.290 e. The summed E-state index contributed by atoms with van der Waals surface area (Å²) >= 11 is 0. The van der Waals surface area contributed by atoms with Crippen molar-refractivity contribution in [1.82, 2.24) is 20.5 Å². The number of amides is 1. The van der Waals surface area contributed by atoms with Crippen LogP contribution in [0, 0.1) is 0 Å². The Bertz CT molecular complexity index is 349. The summed E-state index contributed by atoms with van der Waals surface area (Å²) < 4.78 is 0. The van der Waals surface area contributed by atoms with E-state index in [2.05, 4.69) is 20.5 Å². The lowest BCUT2D eigenvalue weighted by Crippen LogP contribution is -2.26. The van der Waals surface area contributed by atoms with Crippen LogP contribution in [0.4, 0.5) is 0 Å². The van der Waals surface area contributed by atoms with E-state index in [1.807, 2.05) is 6.92 Å². The maximum absolute atomic E-state index is 11.6. The number of rotatable bonds is 7. The Kier molecular flexibility index (Phi) is 5.62. The molecule has 6 heteroatoms. The molecule has 1 atom stereocenters. The highest BCUT2D eigenvalue weighted by Gasteiger charge is 2.11. The van der Waals surface area contributed by atoms with Crippen LogP contribution in [0.3, 0.4) is 0 Å². The van der Waals surface area contributed by atoms with Gasteiger partial charge in [-0.3, -0.25) is 9.89 Å². The van der Waals surface area contributed by atoms with E-state index in [0.29, 0.717) is 13.0 Å². The van der Waals surface area contributed by atoms with Crippen molar-refractivity contribution in [3.05, 3.63) is 11.6 Å². The van der Waals surface area contributed by atoms with Crippen LogP contribution >= 0.6 is 0 Å². The molecule has 1 aromatic heterocycles. The Hall–Kier alpha value is -1.43. The normalized spacial score (nSPS) is 12.4. The third-order valence-electron chi connectivity index (χ3n) is 2.31. The zero-order valence-corrected chi connectivity index (χ0v) is 10.4. The molecule has 0 fully saturated rings. The van der Waals surface area contributed by atoms with Crippen LogP contribution in [0.15, 0.2) is 0 Å². The van der Waals surface area contributed by atoms with Crippen molar-refractivity contribution < 1.29 is 9.90 Å². The Balaban J connectivity index is 2.31. The first-order valence-electron chi connectivity index (χ1n) is 6.01. The van der Waals surface area contributed by atoms with Crippen molar-refractivity contribution in [1.29, 1.82) is 0 Å². The van der Waals surface area contributed by atoms with Gasteiger partial charge in [0.15, 0.2) is 0 Å². The highest BCUT2D eigenvalue weighted by Crippen LogP contribution is 1.97. The van der Waals surface area contributed by atoms with Gasteiger partial charge in [0, 0.05) is 13.0 Å². The number of carbonyl (C=O) groups excluding carboxylic acids is 1.